The van der Waals surface area contributed by atoms with Gasteiger partial charge in [0.25, 0.3) is 0 Å². The van der Waals surface area contributed by atoms with E-state index in [9.17, 15) is 14.7 Å². The SMILES string of the molecule is O.O=C([O-])/C=C/C(=O)O.[H+]. The molecule has 0 atom stereocenters. The van der Waals surface area contributed by atoms with Crippen LogP contribution in [0.15, 0.2) is 12.2 Å². The van der Waals surface area contributed by atoms with Crippen molar-refractivity contribution in [2.45, 2.75) is 0 Å². The Balaban J connectivity index is -0.000000245. The number of carboxylic acids is 2. The van der Waals surface area contributed by atoms with Crippen molar-refractivity contribution in [1.82, 2.24) is 0 Å². The van der Waals surface area contributed by atoms with Crippen LogP contribution in [0.4, 0.5) is 0 Å². The molecule has 0 bridgehead atoms. The number of carboxylic acid groups (broad SMARTS) is 2. The van der Waals surface area contributed by atoms with Gasteiger partial charge in [-0.25, -0.2) is 4.79 Å². The molecular formula is C4H6O5. The quantitative estimate of drug-likeness (QED) is 0.427. The molecule has 0 unspecified atom stereocenters. The molecule has 52 valence electrons. The van der Waals surface area contributed by atoms with Gasteiger partial charge in [0, 0.05) is 6.08 Å². The summed E-state index contributed by atoms with van der Waals surface area (Å²) in [5, 5.41) is 17.2. The smallest absolute Gasteiger partial charge is 0.545 e. The minimum atomic E-state index is -1.51. The van der Waals surface area contributed by atoms with Crippen LogP contribution in [-0.2, 0) is 9.59 Å². The van der Waals surface area contributed by atoms with E-state index in [2.05, 4.69) is 0 Å². The van der Waals surface area contributed by atoms with Crippen molar-refractivity contribution in [1.29, 1.82) is 0 Å². The largest absolute Gasteiger partial charge is 1.00 e. The third-order valence-electron chi connectivity index (χ3n) is 0.362. The number of carbonyl (C=O) groups excluding carboxylic acids is 1. The first-order valence-electron chi connectivity index (χ1n) is 1.75. The topological polar surface area (TPSA) is 109 Å². The van der Waals surface area contributed by atoms with E-state index in [1.54, 1.807) is 0 Å². The third kappa shape index (κ3) is 10.8. The molecule has 5 nitrogen and oxygen atoms in total. The highest BCUT2D eigenvalue weighted by molar-refractivity contribution is 5.88. The molecule has 0 amide bonds. The van der Waals surface area contributed by atoms with Crippen molar-refractivity contribution in [3.05, 3.63) is 12.2 Å². The maximum absolute atomic E-state index is 9.53. The normalized spacial score (nSPS) is 8.44. The van der Waals surface area contributed by atoms with Crippen LogP contribution in [-0.4, -0.2) is 22.5 Å². The number of aliphatic carboxylic acids is 2. The van der Waals surface area contributed by atoms with Crippen molar-refractivity contribution in [3.8, 4) is 0 Å². The van der Waals surface area contributed by atoms with Gasteiger partial charge in [-0.1, -0.05) is 0 Å². The van der Waals surface area contributed by atoms with Gasteiger partial charge in [-0.2, -0.15) is 0 Å². The minimum absolute atomic E-state index is 0. The van der Waals surface area contributed by atoms with Crippen LogP contribution in [0, 0.1) is 0 Å². The first-order chi connectivity index (χ1) is 3.63. The van der Waals surface area contributed by atoms with Gasteiger partial charge in [-0.05, 0) is 6.08 Å². The van der Waals surface area contributed by atoms with Crippen molar-refractivity contribution in [2.24, 2.45) is 0 Å². The Kier molecular flexibility index (Phi) is 5.64. The second-order valence-electron chi connectivity index (χ2n) is 0.991. The number of hydrogen-bond donors (Lipinski definition) is 1. The van der Waals surface area contributed by atoms with E-state index in [-0.39, 0.29) is 6.90 Å². The summed E-state index contributed by atoms with van der Waals surface area (Å²) in [7, 11) is 0. The standard InChI is InChI=1S/C4H4O4.H2O/c5-3(6)1-2-4(7)8;/h1-2H,(H,5,6)(H,7,8);1H2/b2-1+;. The van der Waals surface area contributed by atoms with Gasteiger partial charge in [0.15, 0.2) is 0 Å². The maximum Gasteiger partial charge on any atom is 1.00 e. The lowest BCUT2D eigenvalue weighted by atomic mass is 10.5. The van der Waals surface area contributed by atoms with Crippen molar-refractivity contribution < 1.29 is 26.7 Å². The molecule has 0 aliphatic heterocycles. The Morgan fingerprint density at radius 2 is 1.89 bits per heavy atom. The fourth-order valence-corrected chi connectivity index (χ4v) is 0.139. The first-order valence-corrected chi connectivity index (χ1v) is 1.75. The zero-order valence-electron chi connectivity index (χ0n) is 5.33. The predicted molar refractivity (Wildman–Crippen MR) is 26.5 cm³/mol. The lowest BCUT2D eigenvalue weighted by molar-refractivity contribution is -0.297. The van der Waals surface area contributed by atoms with Gasteiger partial charge >= 0.3 is 7.40 Å². The number of rotatable bonds is 2. The van der Waals surface area contributed by atoms with Crippen LogP contribution >= 0.6 is 0 Å². The van der Waals surface area contributed by atoms with Crippen LogP contribution in [0.1, 0.15) is 1.43 Å². The molecule has 0 heterocycles. The van der Waals surface area contributed by atoms with Crippen molar-refractivity contribution >= 4 is 11.9 Å². The number of carbonyl (C=O) groups is 2. The molecule has 0 aliphatic carbocycles. The van der Waals surface area contributed by atoms with E-state index < -0.39 is 11.9 Å². The van der Waals surface area contributed by atoms with E-state index >= 15 is 0 Å². The van der Waals surface area contributed by atoms with E-state index in [1.165, 1.54) is 0 Å². The van der Waals surface area contributed by atoms with Crippen molar-refractivity contribution in [3.63, 3.8) is 0 Å². The highest BCUT2D eigenvalue weighted by atomic mass is 16.4. The Morgan fingerprint density at radius 3 is 2.00 bits per heavy atom. The minimum Gasteiger partial charge on any atom is -0.545 e. The van der Waals surface area contributed by atoms with Crippen LogP contribution in [0.3, 0.4) is 0 Å². The molecule has 9 heavy (non-hydrogen) atoms. The van der Waals surface area contributed by atoms with Gasteiger partial charge in [0.1, 0.15) is 0 Å². The van der Waals surface area contributed by atoms with Crippen LogP contribution < -0.4 is 5.11 Å². The Morgan fingerprint density at radius 1 is 1.44 bits per heavy atom. The third-order valence-corrected chi connectivity index (χ3v) is 0.362. The van der Waals surface area contributed by atoms with Gasteiger partial charge < -0.3 is 20.5 Å². The molecule has 0 radical (unpaired) electrons. The van der Waals surface area contributed by atoms with Crippen LogP contribution in [0.25, 0.3) is 0 Å². The monoisotopic (exact) mass is 134 g/mol. The first kappa shape index (κ1) is 10.6. The molecule has 0 aromatic rings. The summed E-state index contributed by atoms with van der Waals surface area (Å²) in [5.41, 5.74) is 0. The summed E-state index contributed by atoms with van der Waals surface area (Å²) < 4.78 is 0. The molecule has 0 rings (SSSR count). The summed E-state index contributed by atoms with van der Waals surface area (Å²) in [6.07, 6.45) is 0.942. The predicted octanol–water partition coefficient (Wildman–Crippen LogP) is -2.34. The second kappa shape index (κ2) is 4.79. The van der Waals surface area contributed by atoms with Crippen LogP contribution in [0.5, 0.6) is 0 Å². The highest BCUT2D eigenvalue weighted by Crippen LogP contribution is 1.67. The molecule has 0 aliphatic rings. The fourth-order valence-electron chi connectivity index (χ4n) is 0.139. The van der Waals surface area contributed by atoms with E-state index in [1.807, 2.05) is 0 Å². The highest BCUT2D eigenvalue weighted by Gasteiger charge is 1.81. The Bertz CT molecular complexity index is 125. The average Bonchev–Trinajstić information content (AvgIpc) is 1.61. The van der Waals surface area contributed by atoms with E-state index in [0.717, 1.165) is 0 Å². The molecule has 5 heteroatoms. The molecule has 0 fully saturated rings. The average molecular weight is 134 g/mol. The molecule has 0 saturated carbocycles. The molecule has 0 aromatic carbocycles. The summed E-state index contributed by atoms with van der Waals surface area (Å²) in [6, 6.07) is 0. The molecule has 0 spiro atoms. The van der Waals surface area contributed by atoms with E-state index in [4.69, 9.17) is 5.11 Å². The van der Waals surface area contributed by atoms with Gasteiger partial charge in [-0.3, -0.25) is 0 Å². The van der Waals surface area contributed by atoms with Gasteiger partial charge in [0.05, 0.1) is 5.97 Å². The van der Waals surface area contributed by atoms with Crippen LogP contribution in [0.2, 0.25) is 0 Å². The fraction of sp³-hybridized carbons (Fsp3) is 0. The Hall–Kier alpha value is -1.36. The van der Waals surface area contributed by atoms with E-state index in [0.29, 0.717) is 12.2 Å². The molecular weight excluding hydrogens is 128 g/mol. The lowest BCUT2D eigenvalue weighted by Gasteiger charge is -1.85. The Labute approximate surface area is 52.0 Å². The van der Waals surface area contributed by atoms with Gasteiger partial charge in [-0.15, -0.1) is 0 Å². The second-order valence-corrected chi connectivity index (χ2v) is 0.991. The maximum atomic E-state index is 9.53. The summed E-state index contributed by atoms with van der Waals surface area (Å²) in [5.74, 6) is -2.80. The molecule has 0 aromatic heterocycles. The summed E-state index contributed by atoms with van der Waals surface area (Å²) in [6.45, 7) is 0. The lowest BCUT2D eigenvalue weighted by Crippen LogP contribution is -2.19. The zero-order chi connectivity index (χ0) is 6.57. The summed E-state index contributed by atoms with van der Waals surface area (Å²) >= 11 is 0. The van der Waals surface area contributed by atoms with Gasteiger partial charge in [0.2, 0.25) is 0 Å². The zero-order valence-corrected chi connectivity index (χ0v) is 4.33. The summed E-state index contributed by atoms with van der Waals surface area (Å²) in [4.78, 5) is 19.0. The van der Waals surface area contributed by atoms with Crippen molar-refractivity contribution in [2.75, 3.05) is 0 Å². The number of hydrogen-bond acceptors (Lipinski definition) is 3. The molecule has 0 saturated heterocycles. The molecule has 3 N–H and O–H groups in total.